The first-order valence-corrected chi connectivity index (χ1v) is 3.39. The van der Waals surface area contributed by atoms with Gasteiger partial charge >= 0.3 is 51.4 Å². The van der Waals surface area contributed by atoms with Crippen molar-refractivity contribution in [2.24, 2.45) is 0 Å². The monoisotopic (exact) mass is 229 g/mol. The van der Waals surface area contributed by atoms with Crippen LogP contribution in [-0.2, 0) is 0 Å². The molecule has 0 aliphatic rings. The van der Waals surface area contributed by atoms with Crippen LogP contribution in [0.4, 0.5) is 0 Å². The van der Waals surface area contributed by atoms with Crippen LogP contribution in [0.1, 0.15) is 10.5 Å². The molecule has 0 N–H and O–H groups in total. The van der Waals surface area contributed by atoms with Crippen LogP contribution in [0, 0.1) is 0 Å². The van der Waals surface area contributed by atoms with Gasteiger partial charge in [-0.05, 0) is 6.07 Å². The number of aromatic nitrogens is 1. The smallest absolute Gasteiger partial charge is 0.543 e. The Morgan fingerprint density at radius 1 is 1.50 bits per heavy atom. The van der Waals surface area contributed by atoms with Gasteiger partial charge in [0.25, 0.3) is 0 Å². The van der Waals surface area contributed by atoms with Crippen LogP contribution in [0.15, 0.2) is 12.3 Å². The second kappa shape index (κ2) is 5.54. The van der Waals surface area contributed by atoms with Crippen LogP contribution in [0.25, 0.3) is 0 Å². The topological polar surface area (TPSA) is 53.0 Å². The Morgan fingerprint density at radius 2 is 2.08 bits per heavy atom. The minimum Gasteiger partial charge on any atom is -0.543 e. The second-order valence-electron chi connectivity index (χ2n) is 1.77. The van der Waals surface area contributed by atoms with Gasteiger partial charge in [-0.2, -0.15) is 0 Å². The first-order chi connectivity index (χ1) is 5.11. The minimum atomic E-state index is -1.41. The number of rotatable bonds is 1. The molecule has 6 heteroatoms. The maximum absolute atomic E-state index is 10.2. The third-order valence-electron chi connectivity index (χ3n) is 1.00. The van der Waals surface area contributed by atoms with Gasteiger partial charge in [-0.3, -0.25) is 4.98 Å². The predicted octanol–water partition coefficient (Wildman–Crippen LogP) is -2.24. The molecule has 1 heterocycles. The van der Waals surface area contributed by atoms with Gasteiger partial charge in [-0.1, -0.05) is 23.2 Å². The molecule has 0 atom stereocenters. The summed E-state index contributed by atoms with van der Waals surface area (Å²) in [6, 6.07) is 1.29. The number of halogens is 2. The van der Waals surface area contributed by atoms with Crippen molar-refractivity contribution < 1.29 is 61.3 Å². The van der Waals surface area contributed by atoms with Gasteiger partial charge in [0, 0.05) is 6.20 Å². The fourth-order valence-electron chi connectivity index (χ4n) is 0.565. The van der Waals surface area contributed by atoms with Crippen LogP contribution in [0.2, 0.25) is 10.0 Å². The van der Waals surface area contributed by atoms with Crippen molar-refractivity contribution in [1.82, 2.24) is 4.98 Å². The number of carboxylic acid groups (broad SMARTS) is 1. The van der Waals surface area contributed by atoms with Crippen molar-refractivity contribution in [2.75, 3.05) is 0 Å². The minimum absolute atomic E-state index is 0. The third kappa shape index (κ3) is 3.30. The van der Waals surface area contributed by atoms with E-state index in [0.717, 1.165) is 0 Å². The van der Waals surface area contributed by atoms with Crippen molar-refractivity contribution in [1.29, 1.82) is 0 Å². The first kappa shape index (κ1) is 12.8. The van der Waals surface area contributed by atoms with Crippen LogP contribution in [-0.4, -0.2) is 11.0 Å². The standard InChI is InChI=1S/C6H3Cl2NO2.K/c7-3-1-4(8)5(6(10)11)9-2-3;/h1-2H,(H,10,11);/q;+1/p-1. The normalized spacial score (nSPS) is 8.83. The van der Waals surface area contributed by atoms with Gasteiger partial charge < -0.3 is 9.90 Å². The van der Waals surface area contributed by atoms with E-state index in [2.05, 4.69) is 4.98 Å². The largest absolute Gasteiger partial charge is 1.00 e. The van der Waals surface area contributed by atoms with Crippen molar-refractivity contribution in [3.8, 4) is 0 Å². The number of nitrogens with zero attached hydrogens (tertiary/aromatic N) is 1. The number of pyridine rings is 1. The molecule has 1 rings (SSSR count). The Morgan fingerprint density at radius 3 is 2.50 bits per heavy atom. The zero-order chi connectivity index (χ0) is 8.43. The van der Waals surface area contributed by atoms with Crippen LogP contribution >= 0.6 is 23.2 Å². The molecule has 0 aliphatic carbocycles. The van der Waals surface area contributed by atoms with Gasteiger partial charge in [0.05, 0.1) is 16.0 Å². The SMILES string of the molecule is O=C([O-])c1ncc(Cl)cc1Cl.[K+]. The predicted molar refractivity (Wildman–Crippen MR) is 38.6 cm³/mol. The Hall–Kier alpha value is 0.836. The molecule has 0 radical (unpaired) electrons. The van der Waals surface area contributed by atoms with Crippen molar-refractivity contribution in [3.05, 3.63) is 28.0 Å². The molecule has 0 saturated heterocycles. The molecule has 0 bridgehead atoms. The molecule has 0 saturated carbocycles. The summed E-state index contributed by atoms with van der Waals surface area (Å²) >= 11 is 10.9. The van der Waals surface area contributed by atoms with E-state index in [9.17, 15) is 9.90 Å². The molecule has 0 amide bonds. The fourth-order valence-corrected chi connectivity index (χ4v) is 1.02. The van der Waals surface area contributed by atoms with Crippen LogP contribution in [0.3, 0.4) is 0 Å². The molecule has 1 aromatic rings. The van der Waals surface area contributed by atoms with E-state index in [-0.39, 0.29) is 62.1 Å². The van der Waals surface area contributed by atoms with E-state index < -0.39 is 5.97 Å². The maximum Gasteiger partial charge on any atom is 1.00 e. The van der Waals surface area contributed by atoms with E-state index in [0.29, 0.717) is 5.02 Å². The zero-order valence-electron chi connectivity index (χ0n) is 6.17. The average Bonchev–Trinajstić information content (AvgIpc) is 1.85. The molecule has 0 aliphatic heterocycles. The molecule has 3 nitrogen and oxygen atoms in total. The quantitative estimate of drug-likeness (QED) is 0.512. The molecule has 0 fully saturated rings. The van der Waals surface area contributed by atoms with E-state index in [1.807, 2.05) is 0 Å². The maximum atomic E-state index is 10.2. The average molecular weight is 230 g/mol. The van der Waals surface area contributed by atoms with Gasteiger partial charge in [0.1, 0.15) is 5.69 Å². The number of carboxylic acids is 1. The number of aromatic carboxylic acids is 1. The van der Waals surface area contributed by atoms with E-state index in [4.69, 9.17) is 23.2 Å². The summed E-state index contributed by atoms with van der Waals surface area (Å²) in [6.07, 6.45) is 1.19. The van der Waals surface area contributed by atoms with Gasteiger partial charge in [0.2, 0.25) is 0 Å². The summed E-state index contributed by atoms with van der Waals surface area (Å²) < 4.78 is 0. The van der Waals surface area contributed by atoms with Gasteiger partial charge in [0.15, 0.2) is 0 Å². The molecule has 0 unspecified atom stereocenters. The number of carbonyl (C=O) groups excluding carboxylic acids is 1. The molecule has 0 aromatic carbocycles. The van der Waals surface area contributed by atoms with E-state index >= 15 is 0 Å². The summed E-state index contributed by atoms with van der Waals surface area (Å²) in [7, 11) is 0. The Kier molecular flexibility index (Phi) is 5.93. The summed E-state index contributed by atoms with van der Waals surface area (Å²) in [5.74, 6) is -1.41. The molecular weight excluding hydrogens is 228 g/mol. The van der Waals surface area contributed by atoms with Crippen molar-refractivity contribution in [2.45, 2.75) is 0 Å². The Balaban J connectivity index is 0.00000121. The van der Waals surface area contributed by atoms with Gasteiger partial charge in [-0.25, -0.2) is 0 Å². The summed E-state index contributed by atoms with van der Waals surface area (Å²) in [4.78, 5) is 13.7. The number of carbonyl (C=O) groups is 1. The Bertz CT molecular complexity index is 306. The summed E-state index contributed by atoms with van der Waals surface area (Å²) in [6.45, 7) is 0. The first-order valence-electron chi connectivity index (χ1n) is 2.63. The molecular formula is C6H2Cl2KNO2. The second-order valence-corrected chi connectivity index (χ2v) is 2.62. The van der Waals surface area contributed by atoms with E-state index in [1.54, 1.807) is 0 Å². The summed E-state index contributed by atoms with van der Waals surface area (Å²) in [5, 5.41) is 10.5. The van der Waals surface area contributed by atoms with Crippen LogP contribution in [0.5, 0.6) is 0 Å². The molecule has 0 spiro atoms. The van der Waals surface area contributed by atoms with Crippen molar-refractivity contribution in [3.63, 3.8) is 0 Å². The molecule has 1 aromatic heterocycles. The summed E-state index contributed by atoms with van der Waals surface area (Å²) in [5.41, 5.74) is -0.295. The molecule has 12 heavy (non-hydrogen) atoms. The third-order valence-corrected chi connectivity index (χ3v) is 1.50. The van der Waals surface area contributed by atoms with E-state index in [1.165, 1.54) is 12.3 Å². The fraction of sp³-hybridized carbons (Fsp3) is 0. The van der Waals surface area contributed by atoms with Gasteiger partial charge in [-0.15, -0.1) is 0 Å². The van der Waals surface area contributed by atoms with Crippen LogP contribution < -0.4 is 56.5 Å². The van der Waals surface area contributed by atoms with Crippen molar-refractivity contribution >= 4 is 29.2 Å². The number of hydrogen-bond donors (Lipinski definition) is 0. The molecule has 58 valence electrons. The zero-order valence-corrected chi connectivity index (χ0v) is 10.8. The Labute approximate surface area is 122 Å². The number of hydrogen-bond acceptors (Lipinski definition) is 3.